The van der Waals surface area contributed by atoms with Gasteiger partial charge in [-0.2, -0.15) is 0 Å². The number of esters is 1. The van der Waals surface area contributed by atoms with E-state index in [1.54, 1.807) is 6.92 Å². The van der Waals surface area contributed by atoms with E-state index >= 15 is 0 Å². The Bertz CT molecular complexity index is 2720. The predicted molar refractivity (Wildman–Crippen MR) is 344 cm³/mol. The van der Waals surface area contributed by atoms with Gasteiger partial charge in [0.1, 0.15) is 23.0 Å². The Kier molecular flexibility index (Phi) is 33.4. The number of nitrogens with one attached hydrogen (secondary N) is 1. The molecule has 0 aliphatic carbocycles. The Labute approximate surface area is 493 Å². The van der Waals surface area contributed by atoms with Crippen molar-refractivity contribution in [2.45, 2.75) is 195 Å². The van der Waals surface area contributed by atoms with Crippen molar-refractivity contribution < 1.29 is 34.0 Å². The van der Waals surface area contributed by atoms with Crippen LogP contribution in [-0.4, -0.2) is 74.0 Å². The fourth-order valence-corrected chi connectivity index (χ4v) is 9.32. The van der Waals surface area contributed by atoms with Crippen LogP contribution in [-0.2, 0) is 71.1 Å². The highest BCUT2D eigenvalue weighted by atomic mass is 16.6. The van der Waals surface area contributed by atoms with Gasteiger partial charge >= 0.3 is 5.97 Å². The van der Waals surface area contributed by atoms with Gasteiger partial charge in [0.2, 0.25) is 0 Å². The van der Waals surface area contributed by atoms with Crippen LogP contribution in [0.5, 0.6) is 23.0 Å². The van der Waals surface area contributed by atoms with Crippen LogP contribution in [0.3, 0.4) is 0 Å². The molecule has 5 aromatic rings. The Morgan fingerprint density at radius 1 is 0.593 bits per heavy atom. The number of phenols is 2. The number of hydrogen-bond acceptors (Lipinski definition) is 8. The van der Waals surface area contributed by atoms with E-state index in [4.69, 9.17) is 14.2 Å². The molecular formula is C72H110N2O7. The van der Waals surface area contributed by atoms with E-state index in [-0.39, 0.29) is 30.5 Å². The second-order valence-electron chi connectivity index (χ2n) is 23.8. The fourth-order valence-electron chi connectivity index (χ4n) is 9.32. The minimum atomic E-state index is -0.319. The number of ether oxygens (including phenoxy) is 3. The highest BCUT2D eigenvalue weighted by molar-refractivity contribution is 5.77. The number of phenolic OH excluding ortho intramolecular Hbond substituents is 2. The molecule has 0 aliphatic heterocycles. The van der Waals surface area contributed by atoms with Gasteiger partial charge in [0, 0.05) is 13.1 Å². The summed E-state index contributed by atoms with van der Waals surface area (Å²) < 4.78 is 16.4. The maximum absolute atomic E-state index is 11.9. The summed E-state index contributed by atoms with van der Waals surface area (Å²) in [4.78, 5) is 25.3. The third kappa shape index (κ3) is 27.0. The number of hydrogen-bond donors (Lipinski definition) is 3. The molecule has 81 heavy (non-hydrogen) atoms. The highest BCUT2D eigenvalue weighted by Crippen LogP contribution is 2.32. The monoisotopic (exact) mass is 1110 g/mol. The third-order valence-corrected chi connectivity index (χ3v) is 13.8. The SMILES string of the molecule is C=C(C)Cc1cc(C)c(O)c(CC)c1.CCOC(=O)COc1c(C)cc(CC(C)C)cc1CC.CCc1cc(C(C)(C)C)cc(C)c1O.CCc1cc(CC(C)C)cc(C)c1OCC(=O)NCCN(C)C.CCc1cccc(C)c1C. The zero-order valence-electron chi connectivity index (χ0n) is 54.8. The first kappa shape index (κ1) is 73.0. The first-order valence-corrected chi connectivity index (χ1v) is 29.9. The van der Waals surface area contributed by atoms with Crippen LogP contribution >= 0.6 is 0 Å². The van der Waals surface area contributed by atoms with Crippen LogP contribution in [0.2, 0.25) is 0 Å². The summed E-state index contributed by atoms with van der Waals surface area (Å²) in [5, 5.41) is 22.4. The summed E-state index contributed by atoms with van der Waals surface area (Å²) in [6.45, 7) is 48.0. The van der Waals surface area contributed by atoms with Gasteiger partial charge in [0.25, 0.3) is 5.91 Å². The average molecular weight is 1120 g/mol. The van der Waals surface area contributed by atoms with E-state index in [0.29, 0.717) is 36.5 Å². The van der Waals surface area contributed by atoms with Crippen molar-refractivity contribution in [1.29, 1.82) is 0 Å². The smallest absolute Gasteiger partial charge is 0.344 e. The number of allylic oxidation sites excluding steroid dienone is 1. The molecule has 9 nitrogen and oxygen atoms in total. The number of carbonyl (C=O) groups is 2. The van der Waals surface area contributed by atoms with Crippen molar-refractivity contribution in [3.8, 4) is 23.0 Å². The Balaban J connectivity index is 0.000000520. The lowest BCUT2D eigenvalue weighted by Gasteiger charge is -2.21. The molecule has 0 saturated heterocycles. The second-order valence-corrected chi connectivity index (χ2v) is 23.8. The van der Waals surface area contributed by atoms with Crippen LogP contribution in [0.25, 0.3) is 0 Å². The molecule has 0 bridgehead atoms. The Hall–Kier alpha value is -6.06. The minimum absolute atomic E-state index is 0.0226. The van der Waals surface area contributed by atoms with Crippen LogP contribution in [0.4, 0.5) is 0 Å². The second kappa shape index (κ2) is 37.1. The first-order chi connectivity index (χ1) is 38.0. The van der Waals surface area contributed by atoms with Gasteiger partial charge in [-0.1, -0.05) is 162 Å². The molecule has 3 N–H and O–H groups in total. The van der Waals surface area contributed by atoms with Gasteiger partial charge < -0.3 is 34.6 Å². The van der Waals surface area contributed by atoms with Gasteiger partial charge in [-0.25, -0.2) is 4.79 Å². The van der Waals surface area contributed by atoms with Gasteiger partial charge in [0.15, 0.2) is 13.2 Å². The minimum Gasteiger partial charge on any atom is -0.507 e. The van der Waals surface area contributed by atoms with E-state index in [1.165, 1.54) is 44.5 Å². The zero-order chi connectivity index (χ0) is 61.7. The van der Waals surface area contributed by atoms with Gasteiger partial charge in [-0.05, 0) is 222 Å². The molecular weight excluding hydrogens is 1000 g/mol. The molecule has 5 rings (SSSR count). The van der Waals surface area contributed by atoms with Crippen LogP contribution in [0, 0.1) is 53.4 Å². The number of aromatic hydroxyl groups is 2. The third-order valence-electron chi connectivity index (χ3n) is 13.8. The summed E-state index contributed by atoms with van der Waals surface area (Å²) in [5.74, 6) is 3.47. The topological polar surface area (TPSA) is 118 Å². The van der Waals surface area contributed by atoms with Crippen molar-refractivity contribution in [3.63, 3.8) is 0 Å². The van der Waals surface area contributed by atoms with Crippen molar-refractivity contribution in [3.05, 3.63) is 162 Å². The van der Waals surface area contributed by atoms with Crippen LogP contribution < -0.4 is 14.8 Å². The van der Waals surface area contributed by atoms with Gasteiger partial charge in [0.05, 0.1) is 6.61 Å². The molecule has 0 radical (unpaired) electrons. The van der Waals surface area contributed by atoms with Crippen LogP contribution in [0.15, 0.2) is 78.9 Å². The van der Waals surface area contributed by atoms with E-state index in [1.807, 2.05) is 52.8 Å². The van der Waals surface area contributed by atoms with Gasteiger partial charge in [-0.15, -0.1) is 0 Å². The molecule has 0 aromatic heterocycles. The lowest BCUT2D eigenvalue weighted by Crippen LogP contribution is -2.34. The van der Waals surface area contributed by atoms with E-state index in [0.717, 1.165) is 114 Å². The van der Waals surface area contributed by atoms with Gasteiger partial charge in [-0.3, -0.25) is 4.79 Å². The van der Waals surface area contributed by atoms with Crippen molar-refractivity contribution in [1.82, 2.24) is 10.2 Å². The molecule has 0 unspecified atom stereocenters. The Morgan fingerprint density at radius 2 is 1.04 bits per heavy atom. The summed E-state index contributed by atoms with van der Waals surface area (Å²) in [6, 6.07) is 23.5. The molecule has 0 heterocycles. The Morgan fingerprint density at radius 3 is 1.46 bits per heavy atom. The molecule has 0 aliphatic rings. The number of benzene rings is 5. The molecule has 0 saturated carbocycles. The highest BCUT2D eigenvalue weighted by Gasteiger charge is 2.17. The molecule has 0 spiro atoms. The number of likely N-dealkylation sites (N-methyl/N-ethyl adjacent to an activating group) is 1. The van der Waals surface area contributed by atoms with Crippen molar-refractivity contribution in [2.75, 3.05) is 47.0 Å². The van der Waals surface area contributed by atoms with E-state index in [9.17, 15) is 19.8 Å². The molecule has 5 aromatic carbocycles. The maximum Gasteiger partial charge on any atom is 0.344 e. The number of amides is 1. The quantitative estimate of drug-likeness (QED) is 0.0491. The number of nitrogens with zero attached hydrogens (tertiary/aromatic N) is 1. The largest absolute Gasteiger partial charge is 0.507 e. The summed E-state index contributed by atoms with van der Waals surface area (Å²) in [6.07, 6.45) is 7.73. The first-order valence-electron chi connectivity index (χ1n) is 29.9. The number of carbonyl (C=O) groups excluding carboxylic acids is 2. The summed E-state index contributed by atoms with van der Waals surface area (Å²) in [7, 11) is 3.97. The predicted octanol–water partition coefficient (Wildman–Crippen LogP) is 16.3. The van der Waals surface area contributed by atoms with E-state index < -0.39 is 0 Å². The van der Waals surface area contributed by atoms with Crippen molar-refractivity contribution >= 4 is 11.9 Å². The van der Waals surface area contributed by atoms with E-state index in [2.05, 4.69) is 176 Å². The summed E-state index contributed by atoms with van der Waals surface area (Å²) in [5.41, 5.74) is 19.4. The maximum atomic E-state index is 11.9. The fraction of sp³-hybridized carbons (Fsp3) is 0.528. The zero-order valence-corrected chi connectivity index (χ0v) is 54.8. The standard InChI is InChI=1S/C19H32N2O2.C17H26O3.C13H20O.C13H18O.C10H14/c1-7-17-12-16(10-14(2)3)11-15(4)19(17)23-13-18(22)20-8-9-21(5)6;1-6-15-10-14(8-12(3)4)9-13(5)17(15)20-11-16(18)19-7-2;1-6-10-8-11(13(3,4)5)7-9(2)12(10)14;1-5-12-8-11(6-9(2)3)7-10(4)13(12)14;1-4-10-7-5-6-8(2)9(10)3/h11-12,14H,7-10,13H2,1-6H3,(H,20,22);9-10,12H,6-8,11H2,1-5H3;7-8,14H,6H2,1-5H3;7-8,14H,2,5-6H2,1,3-4H3;5-7H,4H2,1-3H3. The molecule has 450 valence electrons. The number of aryl methyl sites for hydroxylation is 10. The normalized spacial score (nSPS) is 10.8. The van der Waals surface area contributed by atoms with Crippen molar-refractivity contribution in [2.24, 2.45) is 11.8 Å². The molecule has 9 heteroatoms. The lowest BCUT2D eigenvalue weighted by atomic mass is 9.84. The lowest BCUT2D eigenvalue weighted by molar-refractivity contribution is -0.145. The number of rotatable bonds is 21. The molecule has 0 fully saturated rings. The summed E-state index contributed by atoms with van der Waals surface area (Å²) >= 11 is 0. The van der Waals surface area contributed by atoms with Crippen LogP contribution in [0.1, 0.15) is 180 Å². The average Bonchev–Trinajstić information content (AvgIpc) is 3.40. The molecule has 0 atom stereocenters. The molecule has 1 amide bonds.